The predicted molar refractivity (Wildman–Crippen MR) is 104 cm³/mol. The molecular formula is C21H27N2O5S-. The van der Waals surface area contributed by atoms with E-state index in [-0.39, 0.29) is 43.9 Å². The number of fused-ring (bicyclic) bond motifs is 2. The first-order valence-corrected chi connectivity index (χ1v) is 11.7. The van der Waals surface area contributed by atoms with Gasteiger partial charge in [0.05, 0.1) is 4.90 Å². The van der Waals surface area contributed by atoms with Crippen molar-refractivity contribution in [3.05, 3.63) is 29.3 Å². The Labute approximate surface area is 171 Å². The van der Waals surface area contributed by atoms with Gasteiger partial charge in [0, 0.05) is 44.0 Å². The second kappa shape index (κ2) is 7.40. The van der Waals surface area contributed by atoms with Gasteiger partial charge >= 0.3 is 0 Å². The lowest BCUT2D eigenvalue weighted by atomic mass is 9.78. The number of carbonyl (C=O) groups excluding carboxylic acids is 2. The number of hydrogen-bond donors (Lipinski definition) is 0. The molecule has 1 saturated heterocycles. The normalized spacial score (nSPS) is 29.9. The average Bonchev–Trinajstić information content (AvgIpc) is 3.31. The van der Waals surface area contributed by atoms with Gasteiger partial charge in [0.1, 0.15) is 0 Å². The van der Waals surface area contributed by atoms with Gasteiger partial charge in [0.2, 0.25) is 15.9 Å². The molecule has 4 atom stereocenters. The van der Waals surface area contributed by atoms with E-state index in [2.05, 4.69) is 0 Å². The highest BCUT2D eigenvalue weighted by molar-refractivity contribution is 7.89. The zero-order chi connectivity index (χ0) is 20.9. The van der Waals surface area contributed by atoms with Gasteiger partial charge in [0.25, 0.3) is 0 Å². The van der Waals surface area contributed by atoms with Crippen LogP contribution in [0, 0.1) is 37.5 Å². The Hall–Kier alpha value is -1.93. The zero-order valence-corrected chi connectivity index (χ0v) is 17.7. The molecule has 1 amide bonds. The highest BCUT2D eigenvalue weighted by atomic mass is 32.2. The van der Waals surface area contributed by atoms with Crippen LogP contribution in [0.5, 0.6) is 0 Å². The third-order valence-electron chi connectivity index (χ3n) is 6.99. The molecule has 0 unspecified atom stereocenters. The highest BCUT2D eigenvalue weighted by Gasteiger charge is 2.52. The second-order valence-corrected chi connectivity index (χ2v) is 10.6. The first-order chi connectivity index (χ1) is 13.7. The topological polar surface area (TPSA) is 97.8 Å². The molecule has 7 nitrogen and oxygen atoms in total. The molecule has 4 rings (SSSR count). The molecule has 0 N–H and O–H groups in total. The first kappa shape index (κ1) is 20.3. The number of carboxylic acid groups (broad SMARTS) is 1. The number of rotatable bonds is 4. The van der Waals surface area contributed by atoms with Crippen LogP contribution in [0.15, 0.2) is 23.1 Å². The van der Waals surface area contributed by atoms with E-state index in [4.69, 9.17) is 0 Å². The van der Waals surface area contributed by atoms with E-state index < -0.39 is 27.8 Å². The number of piperazine rings is 1. The van der Waals surface area contributed by atoms with Crippen LogP contribution in [-0.4, -0.2) is 55.7 Å². The van der Waals surface area contributed by atoms with Crippen LogP contribution in [0.25, 0.3) is 0 Å². The molecule has 2 bridgehead atoms. The number of amides is 1. The van der Waals surface area contributed by atoms with Gasteiger partial charge in [-0.1, -0.05) is 12.1 Å². The largest absolute Gasteiger partial charge is 0.550 e. The number of aliphatic carboxylic acids is 1. The molecule has 1 aliphatic heterocycles. The van der Waals surface area contributed by atoms with Crippen molar-refractivity contribution in [2.45, 2.75) is 38.0 Å². The van der Waals surface area contributed by atoms with Crippen LogP contribution >= 0.6 is 0 Å². The molecule has 0 spiro atoms. The quantitative estimate of drug-likeness (QED) is 0.710. The van der Waals surface area contributed by atoms with Crippen molar-refractivity contribution < 1.29 is 23.1 Å². The summed E-state index contributed by atoms with van der Waals surface area (Å²) in [6, 6.07) is 5.37. The van der Waals surface area contributed by atoms with Crippen LogP contribution in [0.3, 0.4) is 0 Å². The van der Waals surface area contributed by atoms with Crippen molar-refractivity contribution in [3.8, 4) is 0 Å². The van der Waals surface area contributed by atoms with E-state index in [1.54, 1.807) is 24.0 Å². The molecule has 158 valence electrons. The maximum atomic E-state index is 13.1. The molecule has 0 aromatic heterocycles. The van der Waals surface area contributed by atoms with E-state index >= 15 is 0 Å². The Balaban J connectivity index is 1.46. The Bertz CT molecular complexity index is 936. The maximum absolute atomic E-state index is 13.1. The summed E-state index contributed by atoms with van der Waals surface area (Å²) >= 11 is 0. The Morgan fingerprint density at radius 2 is 1.62 bits per heavy atom. The standard InChI is InChI=1S/C21H28N2O5S/c1-13-3-4-14(2)17(11-13)29(27,28)23-9-7-22(8-10-23)20(24)18-15-5-6-16(12-15)19(18)21(25)26/h3-4,11,15-16,18-19H,5-10,12H2,1-2H3,(H,25,26)/p-1/t15-,16+,18-,19+/m1/s1. The van der Waals surface area contributed by atoms with Gasteiger partial charge in [-0.15, -0.1) is 0 Å². The average molecular weight is 420 g/mol. The molecule has 2 saturated carbocycles. The van der Waals surface area contributed by atoms with Crippen molar-refractivity contribution in [2.75, 3.05) is 26.2 Å². The number of aryl methyl sites for hydroxylation is 2. The van der Waals surface area contributed by atoms with E-state index in [1.165, 1.54) is 4.31 Å². The van der Waals surface area contributed by atoms with Crippen LogP contribution in [0.2, 0.25) is 0 Å². The molecule has 29 heavy (non-hydrogen) atoms. The summed E-state index contributed by atoms with van der Waals surface area (Å²) in [5, 5.41) is 11.6. The molecule has 8 heteroatoms. The lowest BCUT2D eigenvalue weighted by molar-refractivity contribution is -0.314. The summed E-state index contributed by atoms with van der Waals surface area (Å²) < 4.78 is 27.6. The number of benzene rings is 1. The summed E-state index contributed by atoms with van der Waals surface area (Å²) in [5.41, 5.74) is 1.58. The summed E-state index contributed by atoms with van der Waals surface area (Å²) in [7, 11) is -3.62. The molecule has 2 aliphatic carbocycles. The fourth-order valence-corrected chi connectivity index (χ4v) is 7.20. The summed E-state index contributed by atoms with van der Waals surface area (Å²) in [4.78, 5) is 26.7. The monoisotopic (exact) mass is 419 g/mol. The van der Waals surface area contributed by atoms with Crippen molar-refractivity contribution in [1.29, 1.82) is 0 Å². The van der Waals surface area contributed by atoms with E-state index in [0.717, 1.165) is 24.8 Å². The van der Waals surface area contributed by atoms with E-state index in [9.17, 15) is 23.1 Å². The molecule has 1 aromatic carbocycles. The number of sulfonamides is 1. The van der Waals surface area contributed by atoms with Crippen LogP contribution in [-0.2, 0) is 19.6 Å². The fourth-order valence-electron chi connectivity index (χ4n) is 5.47. The third kappa shape index (κ3) is 3.46. The summed E-state index contributed by atoms with van der Waals surface area (Å²) in [6.07, 6.45) is 2.54. The van der Waals surface area contributed by atoms with Gasteiger partial charge in [-0.3, -0.25) is 4.79 Å². The molecule has 1 aromatic rings. The molecule has 1 heterocycles. The Kier molecular flexibility index (Phi) is 5.19. The fraction of sp³-hybridized carbons (Fsp3) is 0.619. The highest BCUT2D eigenvalue weighted by Crippen LogP contribution is 2.52. The number of carboxylic acids is 1. The van der Waals surface area contributed by atoms with Crippen LogP contribution in [0.1, 0.15) is 30.4 Å². The lowest BCUT2D eigenvalue weighted by Crippen LogP contribution is -2.54. The molecule has 0 radical (unpaired) electrons. The number of nitrogens with zero attached hydrogens (tertiary/aromatic N) is 2. The van der Waals surface area contributed by atoms with Crippen molar-refractivity contribution >= 4 is 21.9 Å². The van der Waals surface area contributed by atoms with E-state index in [1.807, 2.05) is 13.0 Å². The van der Waals surface area contributed by atoms with Gasteiger partial charge in [-0.05, 0) is 62.1 Å². The third-order valence-corrected chi connectivity index (χ3v) is 9.03. The SMILES string of the molecule is Cc1ccc(C)c(S(=O)(=O)N2CCN(C(=O)[C@@H]3[C@@H]4CC[C@@H](C4)[C@@H]3C(=O)[O-])CC2)c1. The summed E-state index contributed by atoms with van der Waals surface area (Å²) in [5.74, 6) is -2.31. The maximum Gasteiger partial charge on any atom is 0.243 e. The van der Waals surface area contributed by atoms with Crippen molar-refractivity contribution in [2.24, 2.45) is 23.7 Å². The second-order valence-electron chi connectivity index (χ2n) is 8.70. The number of hydrogen-bond acceptors (Lipinski definition) is 5. The van der Waals surface area contributed by atoms with Gasteiger partial charge < -0.3 is 14.8 Å². The minimum absolute atomic E-state index is 0.0462. The minimum Gasteiger partial charge on any atom is -0.550 e. The van der Waals surface area contributed by atoms with Gasteiger partial charge in [-0.25, -0.2) is 8.42 Å². The van der Waals surface area contributed by atoms with Gasteiger partial charge in [-0.2, -0.15) is 4.31 Å². The zero-order valence-electron chi connectivity index (χ0n) is 16.8. The van der Waals surface area contributed by atoms with Gasteiger partial charge in [0.15, 0.2) is 0 Å². The Morgan fingerprint density at radius 1 is 1.00 bits per heavy atom. The van der Waals surface area contributed by atoms with Crippen LogP contribution < -0.4 is 5.11 Å². The smallest absolute Gasteiger partial charge is 0.243 e. The predicted octanol–water partition coefficient (Wildman–Crippen LogP) is 0.549. The van der Waals surface area contributed by atoms with Crippen molar-refractivity contribution in [3.63, 3.8) is 0 Å². The molecular weight excluding hydrogens is 392 g/mol. The first-order valence-electron chi connectivity index (χ1n) is 10.3. The summed E-state index contributed by atoms with van der Waals surface area (Å²) in [6.45, 7) is 4.66. The van der Waals surface area contributed by atoms with E-state index in [0.29, 0.717) is 10.5 Å². The number of carbonyl (C=O) groups is 2. The molecule has 3 fully saturated rings. The van der Waals surface area contributed by atoms with Crippen molar-refractivity contribution in [1.82, 2.24) is 9.21 Å². The van der Waals surface area contributed by atoms with Crippen LogP contribution in [0.4, 0.5) is 0 Å². The molecule has 3 aliphatic rings. The Morgan fingerprint density at radius 3 is 2.24 bits per heavy atom. The lowest BCUT2D eigenvalue weighted by Gasteiger charge is -2.39. The minimum atomic E-state index is -3.62.